The summed E-state index contributed by atoms with van der Waals surface area (Å²) in [6.45, 7) is 0. The van der Waals surface area contributed by atoms with E-state index in [1.807, 2.05) is 18.3 Å². The number of rotatable bonds is 0. The largest absolute Gasteiger partial charge is 0.484 e. The average molecular weight is 222 g/mol. The summed E-state index contributed by atoms with van der Waals surface area (Å²) < 4.78 is 19.4. The van der Waals surface area contributed by atoms with Crippen molar-refractivity contribution in [2.75, 3.05) is 0 Å². The zero-order chi connectivity index (χ0) is 6.24. The summed E-state index contributed by atoms with van der Waals surface area (Å²) in [6, 6.07) is 3.71. The van der Waals surface area contributed by atoms with Crippen molar-refractivity contribution in [1.82, 2.24) is 4.98 Å². The van der Waals surface area contributed by atoms with Gasteiger partial charge >= 0.3 is 24.8 Å². The molecule has 0 bridgehead atoms. The van der Waals surface area contributed by atoms with E-state index in [4.69, 9.17) is 0 Å². The predicted octanol–water partition coefficient (Wildman–Crippen LogP) is 2.10. The molecule has 0 saturated carbocycles. The molecule has 0 aliphatic rings. The maximum atomic E-state index is 9.70. The van der Waals surface area contributed by atoms with E-state index in [0.717, 1.165) is 0 Å². The molecule has 1 nitrogen and oxygen atoms in total. The molecule has 0 fully saturated rings. The Bertz CT molecular complexity index is 81.9. The Kier molecular flexibility index (Phi) is 13.7. The van der Waals surface area contributed by atoms with Crippen LogP contribution in [0.3, 0.4) is 0 Å². The first-order valence-electron chi connectivity index (χ1n) is 1.75. The summed E-state index contributed by atoms with van der Waals surface area (Å²) in [4.78, 5) is 2.74. The molecule has 0 radical (unpaired) electrons. The van der Waals surface area contributed by atoms with Gasteiger partial charge in [-0.1, -0.05) is 0 Å². The van der Waals surface area contributed by atoms with E-state index in [2.05, 4.69) is 11.2 Å². The van der Waals surface area contributed by atoms with Crippen LogP contribution in [-0.4, -0.2) is 4.98 Å². The van der Waals surface area contributed by atoms with Crippen LogP contribution in [0.15, 0.2) is 18.3 Å². The summed E-state index contributed by atoms with van der Waals surface area (Å²) in [5.74, 6) is 0. The van der Waals surface area contributed by atoms with Crippen LogP contribution in [0.2, 0.25) is 0 Å². The second-order valence-corrected chi connectivity index (χ2v) is 1.10. The number of halogens is 2. The molecule has 0 aromatic carbocycles. The number of aromatic nitrogens is 1. The molecule has 1 heterocycles. The molecule has 1 aromatic rings. The van der Waals surface area contributed by atoms with Crippen LogP contribution in [0.5, 0.6) is 0 Å². The quantitative estimate of drug-likeness (QED) is 0.511. The van der Waals surface area contributed by atoms with Gasteiger partial charge in [-0.15, -0.1) is 6.20 Å². The molecular formula is C5H7F2NRh-2. The summed E-state index contributed by atoms with van der Waals surface area (Å²) in [5, 5.41) is 0. The molecule has 1 aromatic heterocycles. The van der Waals surface area contributed by atoms with Gasteiger partial charge < -0.3 is 12.4 Å². The van der Waals surface area contributed by atoms with E-state index in [9.17, 15) is 6.63 Å². The zero-order valence-corrected chi connectivity index (χ0v) is 6.46. The minimum absolute atomic E-state index is 0. The maximum absolute atomic E-state index is 9.70. The Balaban J connectivity index is 0. The van der Waals surface area contributed by atoms with E-state index < -0.39 is 18.1 Å². The number of hydrogen-bond donors (Lipinski definition) is 1. The van der Waals surface area contributed by atoms with Gasteiger partial charge in [0.05, 0.1) is 0 Å². The Hall–Kier alpha value is -0.237. The standard InChI is InChI=1S/C4H4N.CH3.2FH.Rh/c1-2-4-5-3-1;;;;/h1-3,5H;1H3;2*1H;/q2*-1;;;+2/p-2. The normalized spacial score (nSPS) is 6.89. The second-order valence-electron chi connectivity index (χ2n) is 0.862. The molecule has 0 spiro atoms. The maximum Gasteiger partial charge on any atom is -0.108 e. The molecule has 0 unspecified atom stereocenters. The average Bonchev–Trinajstić information content (AvgIpc) is 2.17. The van der Waals surface area contributed by atoms with Gasteiger partial charge in [0.2, 0.25) is 0 Å². The fourth-order valence-corrected chi connectivity index (χ4v) is 0.241. The summed E-state index contributed by atoms with van der Waals surface area (Å²) in [5.41, 5.74) is 0. The third-order valence-corrected chi connectivity index (χ3v) is 0.442. The molecule has 1 rings (SSSR count). The van der Waals surface area contributed by atoms with Crippen LogP contribution in [0.25, 0.3) is 0 Å². The third-order valence-electron chi connectivity index (χ3n) is 0.442. The monoisotopic (exact) mass is 222 g/mol. The van der Waals surface area contributed by atoms with Crippen LogP contribution in [-0.2, 0) is 18.1 Å². The molecular weight excluding hydrogens is 215 g/mol. The van der Waals surface area contributed by atoms with Crippen molar-refractivity contribution in [3.05, 3.63) is 32.0 Å². The number of H-pyrrole nitrogens is 1. The first-order chi connectivity index (χ1) is 3.91. The molecule has 0 atom stereocenters. The van der Waals surface area contributed by atoms with Gasteiger partial charge in [-0.3, -0.25) is 0 Å². The Labute approximate surface area is 62.2 Å². The summed E-state index contributed by atoms with van der Waals surface area (Å²) >= 11 is -2.17. The second kappa shape index (κ2) is 10.7. The first kappa shape index (κ1) is 11.5. The van der Waals surface area contributed by atoms with Crippen LogP contribution >= 0.6 is 0 Å². The number of hydrogen-bond acceptors (Lipinski definition) is 0. The van der Waals surface area contributed by atoms with Gasteiger partial charge in [0.25, 0.3) is 0 Å². The van der Waals surface area contributed by atoms with Crippen molar-refractivity contribution in [3.8, 4) is 0 Å². The van der Waals surface area contributed by atoms with Gasteiger partial charge in [0.1, 0.15) is 0 Å². The van der Waals surface area contributed by atoms with Crippen LogP contribution < -0.4 is 0 Å². The molecule has 4 heteroatoms. The Morgan fingerprint density at radius 3 is 2.11 bits per heavy atom. The van der Waals surface area contributed by atoms with Gasteiger partial charge in [0, 0.05) is 0 Å². The van der Waals surface area contributed by atoms with Crippen molar-refractivity contribution >= 4 is 0 Å². The fraction of sp³-hybridized carbons (Fsp3) is 0. The molecule has 0 aliphatic carbocycles. The Morgan fingerprint density at radius 1 is 1.44 bits per heavy atom. The van der Waals surface area contributed by atoms with Crippen LogP contribution in [0.4, 0.5) is 6.63 Å². The van der Waals surface area contributed by atoms with Gasteiger partial charge in [-0.2, -0.15) is 18.3 Å². The van der Waals surface area contributed by atoms with E-state index in [0.29, 0.717) is 0 Å². The minimum Gasteiger partial charge on any atom is -0.484 e. The van der Waals surface area contributed by atoms with Crippen molar-refractivity contribution in [3.63, 3.8) is 0 Å². The molecule has 57 valence electrons. The van der Waals surface area contributed by atoms with Crippen molar-refractivity contribution in [2.45, 2.75) is 0 Å². The zero-order valence-electron chi connectivity index (χ0n) is 4.82. The summed E-state index contributed by atoms with van der Waals surface area (Å²) in [7, 11) is 0. The van der Waals surface area contributed by atoms with E-state index in [-0.39, 0.29) is 7.43 Å². The van der Waals surface area contributed by atoms with Gasteiger partial charge in [0.15, 0.2) is 0 Å². The van der Waals surface area contributed by atoms with E-state index in [1.54, 1.807) is 0 Å². The van der Waals surface area contributed by atoms with Crippen molar-refractivity contribution < 1.29 is 24.8 Å². The molecule has 1 N–H and O–H groups in total. The predicted molar refractivity (Wildman–Crippen MR) is 28.3 cm³/mol. The van der Waals surface area contributed by atoms with E-state index in [1.165, 1.54) is 0 Å². The SMILES string of the molecule is [CH3-].[F][Rh][F].[c-]1ccc[nH]1. The van der Waals surface area contributed by atoms with Crippen molar-refractivity contribution in [1.29, 1.82) is 0 Å². The number of aromatic amines is 1. The van der Waals surface area contributed by atoms with Crippen LogP contribution in [0.1, 0.15) is 0 Å². The smallest absolute Gasteiger partial charge is 0.108 e. The fourth-order valence-electron chi connectivity index (χ4n) is 0.241. The minimum atomic E-state index is -2.17. The first-order valence-corrected chi connectivity index (χ1v) is 2.98. The molecule has 9 heavy (non-hydrogen) atoms. The van der Waals surface area contributed by atoms with Gasteiger partial charge in [-0.25, -0.2) is 0 Å². The van der Waals surface area contributed by atoms with Gasteiger partial charge in [-0.05, 0) is 0 Å². The van der Waals surface area contributed by atoms with E-state index >= 15 is 0 Å². The summed E-state index contributed by atoms with van der Waals surface area (Å²) in [6.07, 6.45) is 4.56. The molecule has 0 amide bonds. The molecule has 0 aliphatic heterocycles. The van der Waals surface area contributed by atoms with Crippen molar-refractivity contribution in [2.24, 2.45) is 0 Å². The third kappa shape index (κ3) is 11.4. The number of nitrogens with one attached hydrogen (secondary N) is 1. The topological polar surface area (TPSA) is 15.8 Å². The Morgan fingerprint density at radius 2 is 2.00 bits per heavy atom. The van der Waals surface area contributed by atoms with Crippen LogP contribution in [0, 0.1) is 13.6 Å². The molecule has 0 saturated heterocycles.